The lowest BCUT2D eigenvalue weighted by atomic mass is 10.0. The Morgan fingerprint density at radius 2 is 1.97 bits per heavy atom. The van der Waals surface area contributed by atoms with Crippen LogP contribution in [-0.2, 0) is 6.42 Å². The van der Waals surface area contributed by atoms with Gasteiger partial charge >= 0.3 is 0 Å². The Bertz CT molecular complexity index is 1090. The number of nitrogens with two attached hydrogens (primary N) is 1. The van der Waals surface area contributed by atoms with E-state index >= 15 is 0 Å². The number of hydrogen-bond donors (Lipinski definition) is 2. The van der Waals surface area contributed by atoms with Crippen molar-refractivity contribution in [2.24, 2.45) is 5.73 Å². The first-order valence-electron chi connectivity index (χ1n) is 9.62. The van der Waals surface area contributed by atoms with Gasteiger partial charge in [0.05, 0.1) is 11.5 Å². The fraction of sp³-hybridized carbons (Fsp3) is 0.167. The number of nitrogens with one attached hydrogen (secondary N) is 1. The number of aromatic nitrogens is 3. The van der Waals surface area contributed by atoms with Gasteiger partial charge in [0, 0.05) is 11.1 Å². The minimum Gasteiger partial charge on any atom is -0.386 e. The van der Waals surface area contributed by atoms with Crippen LogP contribution in [0.1, 0.15) is 29.2 Å². The summed E-state index contributed by atoms with van der Waals surface area (Å²) in [4.78, 5) is 0. The first-order chi connectivity index (χ1) is 14.0. The second-order valence-electron chi connectivity index (χ2n) is 6.94. The molecule has 3 rings (SSSR count). The molecule has 0 aliphatic carbocycles. The van der Waals surface area contributed by atoms with Gasteiger partial charge < -0.3 is 11.1 Å². The summed E-state index contributed by atoms with van der Waals surface area (Å²) in [5, 5.41) is 11.9. The molecule has 2 aromatic carbocycles. The van der Waals surface area contributed by atoms with Crippen molar-refractivity contribution in [1.29, 1.82) is 0 Å². The normalized spacial score (nSPS) is 11.0. The minimum absolute atomic E-state index is 0.306. The van der Waals surface area contributed by atoms with Crippen LogP contribution in [0.4, 0.5) is 5.95 Å². The Morgan fingerprint density at radius 3 is 2.66 bits per heavy atom. The number of nitrogens with zero attached hydrogens (tertiary/aromatic N) is 3. The zero-order chi connectivity index (χ0) is 21.0. The third kappa shape index (κ3) is 4.14. The highest BCUT2D eigenvalue weighted by molar-refractivity contribution is 5.72. The van der Waals surface area contributed by atoms with E-state index in [-0.39, 0.29) is 0 Å². The summed E-state index contributed by atoms with van der Waals surface area (Å²) in [7, 11) is 0. The van der Waals surface area contributed by atoms with E-state index in [0.717, 1.165) is 40.2 Å². The van der Waals surface area contributed by atoms with Crippen LogP contribution in [0.25, 0.3) is 23.2 Å². The Morgan fingerprint density at radius 1 is 1.17 bits per heavy atom. The summed E-state index contributed by atoms with van der Waals surface area (Å²) in [6, 6.07) is 12.6. The molecule has 3 aromatic rings. The van der Waals surface area contributed by atoms with Gasteiger partial charge in [0.2, 0.25) is 5.95 Å². The lowest BCUT2D eigenvalue weighted by molar-refractivity contribution is 1.04. The highest BCUT2D eigenvalue weighted by Gasteiger charge is 2.20. The summed E-state index contributed by atoms with van der Waals surface area (Å²) in [6.07, 6.45) is 6.68. The maximum Gasteiger partial charge on any atom is 0.235 e. The van der Waals surface area contributed by atoms with Crippen LogP contribution in [0.5, 0.6) is 0 Å². The second kappa shape index (κ2) is 8.61. The largest absolute Gasteiger partial charge is 0.386 e. The highest BCUT2D eigenvalue weighted by Crippen LogP contribution is 2.31. The molecule has 0 spiro atoms. The number of aryl methyl sites for hydroxylation is 3. The maximum atomic E-state index is 5.83. The molecule has 0 amide bonds. The third-order valence-electron chi connectivity index (χ3n) is 4.83. The molecule has 0 radical (unpaired) electrons. The van der Waals surface area contributed by atoms with E-state index in [1.807, 2.05) is 28.9 Å². The van der Waals surface area contributed by atoms with Gasteiger partial charge in [-0.3, -0.25) is 4.57 Å². The Labute approximate surface area is 172 Å². The molecule has 29 heavy (non-hydrogen) atoms. The van der Waals surface area contributed by atoms with E-state index in [0.29, 0.717) is 11.8 Å². The zero-order valence-electron chi connectivity index (χ0n) is 17.2. The van der Waals surface area contributed by atoms with Crippen molar-refractivity contribution < 1.29 is 0 Å². The number of allylic oxidation sites excluding steroid dienone is 2. The van der Waals surface area contributed by atoms with E-state index in [9.17, 15) is 0 Å². The Kier molecular flexibility index (Phi) is 5.98. The van der Waals surface area contributed by atoms with E-state index in [4.69, 9.17) is 5.73 Å². The lowest BCUT2D eigenvalue weighted by Gasteiger charge is -2.17. The molecular formula is C24H27N5. The first kappa shape index (κ1) is 20.1. The fourth-order valence-electron chi connectivity index (χ4n) is 3.28. The van der Waals surface area contributed by atoms with Crippen LogP contribution in [0.15, 0.2) is 67.5 Å². The number of anilines is 1. The van der Waals surface area contributed by atoms with Gasteiger partial charge in [-0.1, -0.05) is 62.6 Å². The summed E-state index contributed by atoms with van der Waals surface area (Å²) in [5.41, 5.74) is 12.4. The maximum absolute atomic E-state index is 5.83. The standard InChI is InChI=1S/C24H27N5/c1-6-8-11-20-16(3)10-9-12-22(20)29-23(27-28-24(29)26-18(5)25)21-15-19(7-2)14-13-17(21)4/h6,8-15H,1,5,7,25H2,2-4H3,(H,26,28)/b11-8-. The monoisotopic (exact) mass is 385 g/mol. The SMILES string of the molecule is C=C/C=C\c1c(C)cccc1-n1c(NC(=C)N)nnc1-c1cc(CC)ccc1C. The molecule has 0 aliphatic heterocycles. The Balaban J connectivity index is 2.33. The average molecular weight is 386 g/mol. The predicted molar refractivity (Wildman–Crippen MR) is 122 cm³/mol. The summed E-state index contributed by atoms with van der Waals surface area (Å²) >= 11 is 0. The van der Waals surface area contributed by atoms with Crippen molar-refractivity contribution in [3.05, 3.63) is 89.8 Å². The fourth-order valence-corrected chi connectivity index (χ4v) is 3.28. The van der Waals surface area contributed by atoms with Crippen LogP contribution in [-0.4, -0.2) is 14.8 Å². The van der Waals surface area contributed by atoms with Crippen LogP contribution in [0.3, 0.4) is 0 Å². The highest BCUT2D eigenvalue weighted by atomic mass is 15.4. The first-order valence-corrected chi connectivity index (χ1v) is 9.62. The topological polar surface area (TPSA) is 68.8 Å². The van der Waals surface area contributed by atoms with E-state index < -0.39 is 0 Å². The summed E-state index contributed by atoms with van der Waals surface area (Å²) in [5.74, 6) is 1.58. The molecule has 5 heteroatoms. The minimum atomic E-state index is 0.306. The van der Waals surface area contributed by atoms with Crippen molar-refractivity contribution in [3.8, 4) is 17.1 Å². The molecular weight excluding hydrogens is 358 g/mol. The molecule has 0 saturated carbocycles. The lowest BCUT2D eigenvalue weighted by Crippen LogP contribution is -2.13. The molecule has 0 unspecified atom stereocenters. The Hall–Kier alpha value is -3.60. The van der Waals surface area contributed by atoms with Gasteiger partial charge in [-0.2, -0.15) is 0 Å². The smallest absolute Gasteiger partial charge is 0.235 e. The van der Waals surface area contributed by atoms with Gasteiger partial charge in [-0.25, -0.2) is 0 Å². The van der Waals surface area contributed by atoms with Gasteiger partial charge in [-0.05, 0) is 49.1 Å². The molecule has 148 valence electrons. The number of rotatable bonds is 7. The summed E-state index contributed by atoms with van der Waals surface area (Å²) < 4.78 is 2.00. The van der Waals surface area contributed by atoms with Crippen LogP contribution in [0.2, 0.25) is 0 Å². The van der Waals surface area contributed by atoms with Crippen molar-refractivity contribution in [3.63, 3.8) is 0 Å². The van der Waals surface area contributed by atoms with Gasteiger partial charge in [0.1, 0.15) is 0 Å². The second-order valence-corrected chi connectivity index (χ2v) is 6.94. The predicted octanol–water partition coefficient (Wildman–Crippen LogP) is 5.15. The molecule has 0 fully saturated rings. The third-order valence-corrected chi connectivity index (χ3v) is 4.83. The van der Waals surface area contributed by atoms with Crippen molar-refractivity contribution in [2.45, 2.75) is 27.2 Å². The number of hydrogen-bond acceptors (Lipinski definition) is 4. The van der Waals surface area contributed by atoms with E-state index in [1.165, 1.54) is 5.56 Å². The molecule has 0 aliphatic rings. The number of benzene rings is 2. The van der Waals surface area contributed by atoms with Crippen LogP contribution < -0.4 is 11.1 Å². The molecule has 5 nitrogen and oxygen atoms in total. The van der Waals surface area contributed by atoms with Crippen molar-refractivity contribution in [1.82, 2.24) is 14.8 Å². The van der Waals surface area contributed by atoms with Crippen LogP contribution in [0, 0.1) is 13.8 Å². The van der Waals surface area contributed by atoms with E-state index in [1.54, 1.807) is 6.08 Å². The molecule has 0 atom stereocenters. The molecule has 0 saturated heterocycles. The van der Waals surface area contributed by atoms with Gasteiger partial charge in [-0.15, -0.1) is 10.2 Å². The van der Waals surface area contributed by atoms with Crippen molar-refractivity contribution in [2.75, 3.05) is 5.32 Å². The van der Waals surface area contributed by atoms with Gasteiger partial charge in [0.25, 0.3) is 0 Å². The molecule has 1 heterocycles. The average Bonchev–Trinajstić information content (AvgIpc) is 3.09. The summed E-state index contributed by atoms with van der Waals surface area (Å²) in [6.45, 7) is 13.9. The molecule has 3 N–H and O–H groups in total. The molecule has 1 aromatic heterocycles. The quantitative estimate of drug-likeness (QED) is 0.552. The van der Waals surface area contributed by atoms with E-state index in [2.05, 4.69) is 73.7 Å². The molecule has 0 bridgehead atoms. The van der Waals surface area contributed by atoms with Gasteiger partial charge in [0.15, 0.2) is 5.82 Å². The zero-order valence-corrected chi connectivity index (χ0v) is 17.2. The van der Waals surface area contributed by atoms with Crippen molar-refractivity contribution >= 4 is 12.0 Å². The van der Waals surface area contributed by atoms with Crippen LogP contribution >= 0.6 is 0 Å².